The molecule has 164 valence electrons. The molecule has 10 heteroatoms. The number of ether oxygens (including phenoxy) is 1. The van der Waals surface area contributed by atoms with E-state index < -0.39 is 37.9 Å². The fourth-order valence-electron chi connectivity index (χ4n) is 4.41. The van der Waals surface area contributed by atoms with Gasteiger partial charge in [0, 0.05) is 19.7 Å². The molecule has 3 unspecified atom stereocenters. The first-order valence-corrected chi connectivity index (χ1v) is 11.8. The molecule has 3 aliphatic heterocycles. The maximum absolute atomic E-state index is 13.3. The molecule has 0 bridgehead atoms. The predicted molar refractivity (Wildman–Crippen MR) is 105 cm³/mol. The van der Waals surface area contributed by atoms with E-state index in [-0.39, 0.29) is 24.3 Å². The summed E-state index contributed by atoms with van der Waals surface area (Å²) >= 11 is 0. The number of fused-ring (bicyclic) bond motifs is 1. The first kappa shape index (κ1) is 22.0. The number of carbonyl (C=O) groups is 3. The molecule has 3 amide bonds. The van der Waals surface area contributed by atoms with E-state index in [1.54, 1.807) is 0 Å². The van der Waals surface area contributed by atoms with Crippen LogP contribution in [0.1, 0.15) is 53.4 Å². The second kappa shape index (κ2) is 7.86. The molecule has 3 atom stereocenters. The second-order valence-electron chi connectivity index (χ2n) is 8.76. The average molecular weight is 430 g/mol. The lowest BCUT2D eigenvalue weighted by molar-refractivity contribution is -0.155. The van der Waals surface area contributed by atoms with Crippen LogP contribution in [0.15, 0.2) is 0 Å². The molecule has 0 saturated carbocycles. The number of rotatable bonds is 7. The molecule has 9 nitrogen and oxygen atoms in total. The maximum Gasteiger partial charge on any atom is 0.247 e. The zero-order valence-corrected chi connectivity index (χ0v) is 18.3. The Labute approximate surface area is 172 Å². The summed E-state index contributed by atoms with van der Waals surface area (Å²) in [5.74, 6) is -1.02. The van der Waals surface area contributed by atoms with Gasteiger partial charge in [-0.15, -0.1) is 0 Å². The minimum absolute atomic E-state index is 0.0715. The third kappa shape index (κ3) is 3.65. The molecular weight excluding hydrogens is 398 g/mol. The first-order chi connectivity index (χ1) is 13.5. The zero-order chi connectivity index (χ0) is 21.6. The normalized spacial score (nSPS) is 29.7. The van der Waals surface area contributed by atoms with Crippen LogP contribution in [-0.2, 0) is 29.0 Å². The van der Waals surface area contributed by atoms with Crippen LogP contribution >= 0.6 is 0 Å². The second-order valence-corrected chi connectivity index (χ2v) is 11.5. The molecule has 0 spiro atoms. The smallest absolute Gasteiger partial charge is 0.247 e. The molecule has 0 radical (unpaired) electrons. The number of carbonyl (C=O) groups excluding carboxylic acids is 3. The average Bonchev–Trinajstić information content (AvgIpc) is 3.15. The van der Waals surface area contributed by atoms with E-state index in [2.05, 4.69) is 5.32 Å². The van der Waals surface area contributed by atoms with Crippen molar-refractivity contribution in [3.63, 3.8) is 0 Å². The maximum atomic E-state index is 13.3. The van der Waals surface area contributed by atoms with Gasteiger partial charge in [0.2, 0.25) is 17.7 Å². The van der Waals surface area contributed by atoms with Crippen molar-refractivity contribution in [3.05, 3.63) is 0 Å². The van der Waals surface area contributed by atoms with Crippen LogP contribution in [0.25, 0.3) is 0 Å². The van der Waals surface area contributed by atoms with E-state index >= 15 is 0 Å². The lowest BCUT2D eigenvalue weighted by Gasteiger charge is -2.39. The van der Waals surface area contributed by atoms with Crippen molar-refractivity contribution >= 4 is 27.6 Å². The lowest BCUT2D eigenvalue weighted by Crippen LogP contribution is -2.61. The van der Waals surface area contributed by atoms with Crippen molar-refractivity contribution in [1.82, 2.24) is 15.1 Å². The van der Waals surface area contributed by atoms with Gasteiger partial charge in [0.15, 0.2) is 9.84 Å². The molecular formula is C19H31N3O6S. The van der Waals surface area contributed by atoms with E-state index in [0.717, 1.165) is 0 Å². The van der Waals surface area contributed by atoms with E-state index in [1.807, 2.05) is 13.8 Å². The summed E-state index contributed by atoms with van der Waals surface area (Å²) in [6.07, 6.45) is 1.92. The molecule has 3 fully saturated rings. The Hall–Kier alpha value is -1.68. The SMILES string of the molecule is CC(C)OCCCNC(=O)C1CCCN1C(=O)C1N2C(=O)CC2S(=O)(=O)C1(C)C. The molecule has 3 aliphatic rings. The lowest BCUT2D eigenvalue weighted by atomic mass is 9.96. The summed E-state index contributed by atoms with van der Waals surface area (Å²) in [5, 5.41) is 1.92. The highest BCUT2D eigenvalue weighted by molar-refractivity contribution is 7.93. The third-order valence-electron chi connectivity index (χ3n) is 6.12. The summed E-state index contributed by atoms with van der Waals surface area (Å²) < 4.78 is 29.6. The minimum atomic E-state index is -3.64. The third-order valence-corrected chi connectivity index (χ3v) is 8.92. The van der Waals surface area contributed by atoms with Crippen LogP contribution < -0.4 is 5.32 Å². The highest BCUT2D eigenvalue weighted by Crippen LogP contribution is 2.46. The molecule has 3 saturated heterocycles. The van der Waals surface area contributed by atoms with Crippen molar-refractivity contribution in [2.45, 2.75) is 81.7 Å². The van der Waals surface area contributed by atoms with E-state index in [0.29, 0.717) is 39.0 Å². The highest BCUT2D eigenvalue weighted by atomic mass is 32.2. The Morgan fingerprint density at radius 2 is 2.00 bits per heavy atom. The van der Waals surface area contributed by atoms with Crippen LogP contribution in [0, 0.1) is 0 Å². The number of sulfone groups is 1. The molecule has 3 rings (SSSR count). The Morgan fingerprint density at radius 1 is 1.31 bits per heavy atom. The van der Waals surface area contributed by atoms with Gasteiger partial charge in [-0.05, 0) is 47.0 Å². The van der Waals surface area contributed by atoms with E-state index in [1.165, 1.54) is 23.6 Å². The Balaban J connectivity index is 1.67. The molecule has 0 aromatic carbocycles. The van der Waals surface area contributed by atoms with Crippen LogP contribution in [0.2, 0.25) is 0 Å². The first-order valence-electron chi connectivity index (χ1n) is 10.2. The van der Waals surface area contributed by atoms with Crippen LogP contribution in [0.4, 0.5) is 0 Å². The number of hydrogen-bond acceptors (Lipinski definition) is 6. The molecule has 0 aromatic rings. The van der Waals surface area contributed by atoms with Crippen molar-refractivity contribution in [2.24, 2.45) is 0 Å². The van der Waals surface area contributed by atoms with Gasteiger partial charge < -0.3 is 19.9 Å². The monoisotopic (exact) mass is 429 g/mol. The summed E-state index contributed by atoms with van der Waals surface area (Å²) in [6, 6.07) is -1.71. The summed E-state index contributed by atoms with van der Waals surface area (Å²) in [6.45, 7) is 8.24. The van der Waals surface area contributed by atoms with Crippen molar-refractivity contribution < 1.29 is 27.5 Å². The number of amides is 3. The fourth-order valence-corrected chi connectivity index (χ4v) is 6.54. The number of likely N-dealkylation sites (tertiary alicyclic amines) is 1. The Bertz CT molecular complexity index is 794. The molecule has 29 heavy (non-hydrogen) atoms. The van der Waals surface area contributed by atoms with E-state index in [4.69, 9.17) is 4.74 Å². The topological polar surface area (TPSA) is 113 Å². The van der Waals surface area contributed by atoms with Crippen molar-refractivity contribution in [3.8, 4) is 0 Å². The fraction of sp³-hybridized carbons (Fsp3) is 0.842. The Morgan fingerprint density at radius 3 is 2.62 bits per heavy atom. The number of nitrogens with zero attached hydrogens (tertiary/aromatic N) is 2. The van der Waals surface area contributed by atoms with Crippen molar-refractivity contribution in [1.29, 1.82) is 0 Å². The molecule has 0 aliphatic carbocycles. The quantitative estimate of drug-likeness (QED) is 0.452. The summed E-state index contributed by atoms with van der Waals surface area (Å²) in [7, 11) is -3.64. The van der Waals surface area contributed by atoms with E-state index in [9.17, 15) is 22.8 Å². The van der Waals surface area contributed by atoms with Gasteiger partial charge in [-0.3, -0.25) is 14.4 Å². The van der Waals surface area contributed by atoms with Crippen LogP contribution in [0.5, 0.6) is 0 Å². The number of nitrogens with one attached hydrogen (secondary N) is 1. The number of β-lactam (4-membered cyclic amide) rings is 1. The largest absolute Gasteiger partial charge is 0.379 e. The molecule has 1 N–H and O–H groups in total. The number of hydrogen-bond donors (Lipinski definition) is 1. The van der Waals surface area contributed by atoms with Gasteiger partial charge in [0.25, 0.3) is 0 Å². The summed E-state index contributed by atoms with van der Waals surface area (Å²) in [5.41, 5.74) is 0. The van der Waals surface area contributed by atoms with Gasteiger partial charge in [0.1, 0.15) is 17.5 Å². The van der Waals surface area contributed by atoms with Gasteiger partial charge >= 0.3 is 0 Å². The summed E-state index contributed by atoms with van der Waals surface area (Å²) in [4.78, 5) is 40.7. The molecule has 3 heterocycles. The van der Waals surface area contributed by atoms with Crippen LogP contribution in [-0.4, -0.2) is 83.9 Å². The van der Waals surface area contributed by atoms with Gasteiger partial charge in [-0.1, -0.05) is 0 Å². The van der Waals surface area contributed by atoms with Crippen LogP contribution in [0.3, 0.4) is 0 Å². The van der Waals surface area contributed by atoms with Gasteiger partial charge in [0.05, 0.1) is 17.3 Å². The highest BCUT2D eigenvalue weighted by Gasteiger charge is 2.68. The van der Waals surface area contributed by atoms with Crippen molar-refractivity contribution in [2.75, 3.05) is 19.7 Å². The predicted octanol–water partition coefficient (Wildman–Crippen LogP) is 0.0427. The van der Waals surface area contributed by atoms with Gasteiger partial charge in [-0.2, -0.15) is 0 Å². The zero-order valence-electron chi connectivity index (χ0n) is 17.5. The minimum Gasteiger partial charge on any atom is -0.379 e. The standard InChI is InChI=1S/C19H31N3O6S/c1-12(2)28-10-6-8-20-17(24)13-7-5-9-21(13)18(25)16-19(3,4)29(26,27)15-11-14(23)22(15)16/h12-13,15-16H,5-11H2,1-4H3,(H,20,24). The molecule has 0 aromatic heterocycles. The Kier molecular flexibility index (Phi) is 5.97. The van der Waals surface area contributed by atoms with Gasteiger partial charge in [-0.25, -0.2) is 8.42 Å².